The van der Waals surface area contributed by atoms with Gasteiger partial charge in [0.25, 0.3) is 0 Å². The van der Waals surface area contributed by atoms with Gasteiger partial charge in [-0.25, -0.2) is 9.37 Å². The molecule has 1 aromatic heterocycles. The number of unbranched alkanes of at least 4 members (excludes halogenated alkanes) is 1. The molecule has 0 bridgehead atoms. The van der Waals surface area contributed by atoms with Crippen LogP contribution >= 0.6 is 34.9 Å². The van der Waals surface area contributed by atoms with Crippen molar-refractivity contribution in [1.82, 2.24) is 15.2 Å². The summed E-state index contributed by atoms with van der Waals surface area (Å²) in [5.74, 6) is -0.325. The van der Waals surface area contributed by atoms with E-state index < -0.39 is 0 Å². The molecular formula is C19H27ClFN5OS2. The smallest absolute Gasteiger partial charge is 0.192 e. The number of aromatic nitrogens is 1. The third kappa shape index (κ3) is 6.97. The van der Waals surface area contributed by atoms with E-state index in [1.165, 1.54) is 17.4 Å². The minimum atomic E-state index is -0.325. The summed E-state index contributed by atoms with van der Waals surface area (Å²) in [5, 5.41) is 19.2. The fourth-order valence-corrected chi connectivity index (χ4v) is 4.83. The van der Waals surface area contributed by atoms with Gasteiger partial charge in [-0.15, -0.1) is 11.3 Å². The highest BCUT2D eigenvalue weighted by atomic mass is 35.5. The fraction of sp³-hybridized carbons (Fsp3) is 0.526. The van der Waals surface area contributed by atoms with Crippen LogP contribution in [0.2, 0.25) is 5.02 Å². The average molecular weight is 460 g/mol. The SMILES string of the molecule is OCC1CCNCCN1CCCCNc1cc(F)c(SNc2nccs2)cc1Cl. The van der Waals surface area contributed by atoms with E-state index in [9.17, 15) is 9.50 Å². The normalized spacial score (nSPS) is 17.8. The molecule has 0 saturated carbocycles. The van der Waals surface area contributed by atoms with E-state index in [1.807, 2.05) is 5.38 Å². The molecule has 2 heterocycles. The highest BCUT2D eigenvalue weighted by Crippen LogP contribution is 2.32. The van der Waals surface area contributed by atoms with Gasteiger partial charge in [-0.2, -0.15) is 0 Å². The van der Waals surface area contributed by atoms with Crippen molar-refractivity contribution < 1.29 is 9.50 Å². The second-order valence-electron chi connectivity index (χ2n) is 6.85. The number of hydrogen-bond acceptors (Lipinski definition) is 8. The van der Waals surface area contributed by atoms with Crippen LogP contribution in [-0.4, -0.2) is 60.4 Å². The van der Waals surface area contributed by atoms with Gasteiger partial charge in [0.15, 0.2) is 5.13 Å². The van der Waals surface area contributed by atoms with Gasteiger partial charge in [-0.1, -0.05) is 11.6 Å². The number of hydrogen-bond donors (Lipinski definition) is 4. The van der Waals surface area contributed by atoms with Crippen LogP contribution in [0.25, 0.3) is 0 Å². The molecule has 0 radical (unpaired) electrons. The van der Waals surface area contributed by atoms with Gasteiger partial charge >= 0.3 is 0 Å². The molecule has 1 atom stereocenters. The number of rotatable bonds is 10. The molecule has 10 heteroatoms. The number of nitrogens with zero attached hydrogens (tertiary/aromatic N) is 2. The molecule has 6 nitrogen and oxygen atoms in total. The molecule has 1 saturated heterocycles. The van der Waals surface area contributed by atoms with Crippen LogP contribution in [0.4, 0.5) is 15.2 Å². The Hall–Kier alpha value is -1.10. The van der Waals surface area contributed by atoms with E-state index in [-0.39, 0.29) is 18.5 Å². The summed E-state index contributed by atoms with van der Waals surface area (Å²) in [7, 11) is 0. The minimum Gasteiger partial charge on any atom is -0.395 e. The molecule has 0 amide bonds. The monoisotopic (exact) mass is 459 g/mol. The van der Waals surface area contributed by atoms with Crippen LogP contribution in [-0.2, 0) is 0 Å². The lowest BCUT2D eigenvalue weighted by Crippen LogP contribution is -2.39. The third-order valence-electron chi connectivity index (χ3n) is 4.85. The van der Waals surface area contributed by atoms with Crippen LogP contribution in [0, 0.1) is 5.82 Å². The molecule has 0 spiro atoms. The lowest BCUT2D eigenvalue weighted by atomic mass is 10.1. The van der Waals surface area contributed by atoms with E-state index in [2.05, 4.69) is 25.2 Å². The number of halogens is 2. The maximum atomic E-state index is 14.4. The van der Waals surface area contributed by atoms with Gasteiger partial charge in [0.1, 0.15) is 5.82 Å². The molecule has 2 aromatic rings. The van der Waals surface area contributed by atoms with E-state index in [4.69, 9.17) is 11.6 Å². The van der Waals surface area contributed by atoms with E-state index >= 15 is 0 Å². The van der Waals surface area contributed by atoms with Crippen molar-refractivity contribution in [2.75, 3.05) is 49.4 Å². The van der Waals surface area contributed by atoms with Gasteiger partial charge < -0.3 is 20.5 Å². The van der Waals surface area contributed by atoms with Gasteiger partial charge in [0.05, 0.1) is 22.2 Å². The summed E-state index contributed by atoms with van der Waals surface area (Å²) in [5.41, 5.74) is 0.606. The molecule has 0 aliphatic carbocycles. The fourth-order valence-electron chi connectivity index (χ4n) is 3.26. The Kier molecular flexibility index (Phi) is 9.29. The molecular weight excluding hydrogens is 433 g/mol. The molecule has 1 aliphatic heterocycles. The summed E-state index contributed by atoms with van der Waals surface area (Å²) in [6.45, 7) is 4.76. The first kappa shape index (κ1) is 22.6. The number of anilines is 2. The van der Waals surface area contributed by atoms with Crippen molar-refractivity contribution in [3.8, 4) is 0 Å². The van der Waals surface area contributed by atoms with Crippen molar-refractivity contribution in [2.24, 2.45) is 0 Å². The van der Waals surface area contributed by atoms with Gasteiger partial charge in [-0.05, 0) is 56.4 Å². The largest absolute Gasteiger partial charge is 0.395 e. The molecule has 160 valence electrons. The van der Waals surface area contributed by atoms with Crippen LogP contribution in [0.3, 0.4) is 0 Å². The first-order valence-corrected chi connectivity index (χ1v) is 11.9. The van der Waals surface area contributed by atoms with Crippen molar-refractivity contribution >= 4 is 45.7 Å². The van der Waals surface area contributed by atoms with Crippen LogP contribution in [0.1, 0.15) is 19.3 Å². The number of aliphatic hydroxyl groups is 1. The van der Waals surface area contributed by atoms with Crippen molar-refractivity contribution in [3.05, 3.63) is 34.5 Å². The van der Waals surface area contributed by atoms with Gasteiger partial charge in [0.2, 0.25) is 0 Å². The lowest BCUT2D eigenvalue weighted by molar-refractivity contribution is 0.127. The van der Waals surface area contributed by atoms with Crippen LogP contribution in [0.5, 0.6) is 0 Å². The molecule has 1 unspecified atom stereocenters. The zero-order valence-corrected chi connectivity index (χ0v) is 18.6. The second kappa shape index (κ2) is 11.9. The summed E-state index contributed by atoms with van der Waals surface area (Å²) < 4.78 is 17.4. The third-order valence-corrected chi connectivity index (χ3v) is 6.81. The van der Waals surface area contributed by atoms with Crippen LogP contribution < -0.4 is 15.4 Å². The zero-order valence-electron chi connectivity index (χ0n) is 16.2. The van der Waals surface area contributed by atoms with Crippen molar-refractivity contribution in [1.29, 1.82) is 0 Å². The first-order chi connectivity index (χ1) is 14.2. The highest BCUT2D eigenvalue weighted by Gasteiger charge is 2.19. The lowest BCUT2D eigenvalue weighted by Gasteiger charge is -2.27. The van der Waals surface area contributed by atoms with E-state index in [0.29, 0.717) is 15.6 Å². The molecule has 3 rings (SSSR count). The molecule has 29 heavy (non-hydrogen) atoms. The Morgan fingerprint density at radius 3 is 3.07 bits per heavy atom. The predicted molar refractivity (Wildman–Crippen MR) is 121 cm³/mol. The molecule has 1 aliphatic rings. The van der Waals surface area contributed by atoms with Gasteiger partial charge in [0, 0.05) is 37.3 Å². The van der Waals surface area contributed by atoms with E-state index in [1.54, 1.807) is 12.3 Å². The summed E-state index contributed by atoms with van der Waals surface area (Å²) in [6.07, 6.45) is 4.63. The Morgan fingerprint density at radius 2 is 2.28 bits per heavy atom. The van der Waals surface area contributed by atoms with Crippen molar-refractivity contribution in [2.45, 2.75) is 30.2 Å². The number of thiazole rings is 1. The zero-order chi connectivity index (χ0) is 20.5. The Bertz CT molecular complexity index is 752. The Labute approximate surface area is 184 Å². The minimum absolute atomic E-state index is 0.205. The van der Waals surface area contributed by atoms with Gasteiger partial charge in [-0.3, -0.25) is 4.90 Å². The Morgan fingerprint density at radius 1 is 1.38 bits per heavy atom. The molecule has 1 fully saturated rings. The maximum absolute atomic E-state index is 14.4. The number of nitrogens with one attached hydrogen (secondary N) is 3. The quantitative estimate of drug-likeness (QED) is 0.317. The average Bonchev–Trinajstić information content (AvgIpc) is 3.14. The second-order valence-corrected chi connectivity index (χ2v) is 9.00. The standard InChI is InChI=1S/C19H27ClFN5OS2/c20-15-11-18(29-25-19-24-7-10-28-19)16(21)12-17(15)23-4-1-2-8-26-9-6-22-5-3-14(26)13-27/h7,10-12,14,22-23,27H,1-6,8-9,13H2,(H,24,25). The Balaban J connectivity index is 1.42. The summed E-state index contributed by atoms with van der Waals surface area (Å²) in [6, 6.07) is 3.31. The predicted octanol–water partition coefficient (Wildman–Crippen LogP) is 3.90. The summed E-state index contributed by atoms with van der Waals surface area (Å²) in [4.78, 5) is 6.89. The number of aliphatic hydroxyl groups excluding tert-OH is 1. The topological polar surface area (TPSA) is 72.5 Å². The molecule has 1 aromatic carbocycles. The highest BCUT2D eigenvalue weighted by molar-refractivity contribution is 8.00. The maximum Gasteiger partial charge on any atom is 0.192 e. The summed E-state index contributed by atoms with van der Waals surface area (Å²) >= 11 is 8.94. The van der Waals surface area contributed by atoms with Crippen LogP contribution in [0.15, 0.2) is 28.6 Å². The van der Waals surface area contributed by atoms with E-state index in [0.717, 1.165) is 69.1 Å². The first-order valence-electron chi connectivity index (χ1n) is 9.78. The molecule has 4 N–H and O–H groups in total. The number of benzene rings is 1. The van der Waals surface area contributed by atoms with Crippen molar-refractivity contribution in [3.63, 3.8) is 0 Å².